The summed E-state index contributed by atoms with van der Waals surface area (Å²) in [6.45, 7) is 0. The number of ketones is 1. The van der Waals surface area contributed by atoms with Crippen LogP contribution in [0.5, 0.6) is 0 Å². The Kier molecular flexibility index (Phi) is 3.37. The minimum Gasteiger partial charge on any atom is -0.290 e. The second-order valence-corrected chi connectivity index (χ2v) is 5.09. The summed E-state index contributed by atoms with van der Waals surface area (Å²) in [5, 5.41) is 0. The van der Waals surface area contributed by atoms with E-state index in [9.17, 15) is 4.79 Å². The van der Waals surface area contributed by atoms with Gasteiger partial charge < -0.3 is 0 Å². The molecule has 1 fully saturated rings. The average molecular weight is 249 g/mol. The molecule has 0 aromatic heterocycles. The van der Waals surface area contributed by atoms with Gasteiger partial charge in [-0.25, -0.2) is 0 Å². The second kappa shape index (κ2) is 5.31. The second-order valence-electron chi connectivity index (χ2n) is 5.09. The van der Waals surface area contributed by atoms with Crippen molar-refractivity contribution in [2.75, 3.05) is 0 Å². The predicted octanol–water partition coefficient (Wildman–Crippen LogP) is 4.41. The lowest BCUT2D eigenvalue weighted by molar-refractivity contribution is 0.103. The maximum atomic E-state index is 12.4. The van der Waals surface area contributed by atoms with Crippen LogP contribution in [-0.2, 0) is 0 Å². The van der Waals surface area contributed by atoms with Gasteiger partial charge in [-0.1, -0.05) is 62.1 Å². The minimum atomic E-state index is 0.112. The minimum absolute atomic E-state index is 0.112. The third kappa shape index (κ3) is 2.55. The molecular formula is C18H17O-. The molecule has 0 N–H and O–H groups in total. The Morgan fingerprint density at radius 2 is 1.53 bits per heavy atom. The van der Waals surface area contributed by atoms with Crippen molar-refractivity contribution in [3.63, 3.8) is 0 Å². The van der Waals surface area contributed by atoms with Crippen LogP contribution in [0.3, 0.4) is 0 Å². The van der Waals surface area contributed by atoms with Gasteiger partial charge in [0.05, 0.1) is 0 Å². The summed E-state index contributed by atoms with van der Waals surface area (Å²) >= 11 is 0. The molecule has 2 aromatic rings. The number of hydrogen-bond acceptors (Lipinski definition) is 1. The van der Waals surface area contributed by atoms with Gasteiger partial charge in [0.1, 0.15) is 0 Å². The Bertz CT molecular complexity index is 565. The Labute approximate surface area is 114 Å². The maximum absolute atomic E-state index is 12.4. The van der Waals surface area contributed by atoms with Gasteiger partial charge >= 0.3 is 0 Å². The highest BCUT2D eigenvalue weighted by molar-refractivity contribution is 6.09. The molecule has 2 aromatic carbocycles. The fourth-order valence-electron chi connectivity index (χ4n) is 2.73. The highest BCUT2D eigenvalue weighted by atomic mass is 16.1. The first kappa shape index (κ1) is 12.0. The van der Waals surface area contributed by atoms with Gasteiger partial charge in [0, 0.05) is 5.56 Å². The van der Waals surface area contributed by atoms with Crippen molar-refractivity contribution in [2.24, 2.45) is 0 Å². The van der Waals surface area contributed by atoms with Gasteiger partial charge in [-0.3, -0.25) is 4.79 Å². The van der Waals surface area contributed by atoms with Gasteiger partial charge in [-0.2, -0.15) is 23.6 Å². The Morgan fingerprint density at radius 1 is 0.842 bits per heavy atom. The molecule has 0 spiro atoms. The number of rotatable bonds is 3. The monoisotopic (exact) mass is 249 g/mol. The van der Waals surface area contributed by atoms with E-state index in [1.165, 1.54) is 37.2 Å². The van der Waals surface area contributed by atoms with Crippen molar-refractivity contribution in [1.29, 1.82) is 0 Å². The summed E-state index contributed by atoms with van der Waals surface area (Å²) < 4.78 is 0. The van der Waals surface area contributed by atoms with E-state index in [-0.39, 0.29) is 5.78 Å². The summed E-state index contributed by atoms with van der Waals surface area (Å²) in [5.74, 6) is 1.61. The van der Waals surface area contributed by atoms with Gasteiger partial charge in [0.2, 0.25) is 0 Å². The highest BCUT2D eigenvalue weighted by Gasteiger charge is 2.11. The van der Waals surface area contributed by atoms with Crippen LogP contribution in [-0.4, -0.2) is 5.78 Å². The van der Waals surface area contributed by atoms with E-state index in [0.29, 0.717) is 0 Å². The molecule has 1 nitrogen and oxygen atoms in total. The molecule has 3 rings (SSSR count). The third-order valence-corrected chi connectivity index (χ3v) is 3.78. The lowest BCUT2D eigenvalue weighted by Crippen LogP contribution is -2.03. The number of hydrogen-bond donors (Lipinski definition) is 0. The number of benzene rings is 2. The fourth-order valence-corrected chi connectivity index (χ4v) is 2.73. The summed E-state index contributed by atoms with van der Waals surface area (Å²) in [7, 11) is 0. The first-order chi connectivity index (χ1) is 9.34. The van der Waals surface area contributed by atoms with E-state index in [2.05, 4.69) is 12.1 Å². The van der Waals surface area contributed by atoms with Crippen LogP contribution in [0.1, 0.15) is 47.2 Å². The molecule has 0 atom stereocenters. The van der Waals surface area contributed by atoms with E-state index in [1.807, 2.05) is 42.5 Å². The first-order valence-corrected chi connectivity index (χ1v) is 6.89. The number of carbonyl (C=O) groups excluding carboxylic acids is 1. The molecule has 0 saturated heterocycles. The summed E-state index contributed by atoms with van der Waals surface area (Å²) in [4.78, 5) is 12.4. The molecule has 0 unspecified atom stereocenters. The zero-order valence-corrected chi connectivity index (χ0v) is 10.9. The van der Waals surface area contributed by atoms with Crippen LogP contribution in [0.25, 0.3) is 0 Å². The summed E-state index contributed by atoms with van der Waals surface area (Å²) in [6.07, 6.45) is 4.93. The van der Waals surface area contributed by atoms with Crippen LogP contribution in [0.2, 0.25) is 0 Å². The lowest BCUT2D eigenvalue weighted by atomic mass is 9.94. The molecule has 0 bridgehead atoms. The molecule has 96 valence electrons. The molecule has 0 heterocycles. The van der Waals surface area contributed by atoms with Crippen molar-refractivity contribution in [2.45, 2.75) is 25.7 Å². The Morgan fingerprint density at radius 3 is 2.26 bits per heavy atom. The van der Waals surface area contributed by atoms with E-state index in [4.69, 9.17) is 0 Å². The SMILES string of the molecule is O=C(c1ccccc1)c1cccc([C-]2CCCC2)c1. The van der Waals surface area contributed by atoms with Crippen molar-refractivity contribution in [3.8, 4) is 0 Å². The standard InChI is InChI=1S/C18H17O/c19-18(15-9-2-1-3-10-15)17-12-6-11-16(13-17)14-7-4-5-8-14/h1-3,6,9-13H,4-5,7-8H2/q-1. The van der Waals surface area contributed by atoms with Crippen LogP contribution in [0, 0.1) is 5.92 Å². The molecular weight excluding hydrogens is 232 g/mol. The molecule has 0 aliphatic heterocycles. The van der Waals surface area contributed by atoms with Crippen LogP contribution in [0.15, 0.2) is 54.6 Å². The van der Waals surface area contributed by atoms with Crippen LogP contribution < -0.4 is 0 Å². The molecule has 0 amide bonds. The smallest absolute Gasteiger partial charge is 0.180 e. The maximum Gasteiger partial charge on any atom is 0.180 e. The van der Waals surface area contributed by atoms with Crippen molar-refractivity contribution < 1.29 is 4.79 Å². The van der Waals surface area contributed by atoms with E-state index in [0.717, 1.165) is 11.1 Å². The normalized spacial score (nSPS) is 14.6. The topological polar surface area (TPSA) is 17.1 Å². The van der Waals surface area contributed by atoms with E-state index in [1.54, 1.807) is 0 Å². The molecule has 19 heavy (non-hydrogen) atoms. The summed E-state index contributed by atoms with van der Waals surface area (Å²) in [5.41, 5.74) is 2.80. The molecule has 1 aliphatic carbocycles. The van der Waals surface area contributed by atoms with Gasteiger partial charge in [0.15, 0.2) is 5.78 Å². The molecule has 1 heteroatoms. The largest absolute Gasteiger partial charge is 0.290 e. The van der Waals surface area contributed by atoms with Gasteiger partial charge in [-0.15, -0.1) is 6.07 Å². The van der Waals surface area contributed by atoms with E-state index >= 15 is 0 Å². The predicted molar refractivity (Wildman–Crippen MR) is 77.1 cm³/mol. The zero-order chi connectivity index (χ0) is 13.1. The number of carbonyl (C=O) groups is 1. The zero-order valence-electron chi connectivity index (χ0n) is 10.9. The Balaban J connectivity index is 1.89. The Hall–Kier alpha value is -2.02. The van der Waals surface area contributed by atoms with Crippen molar-refractivity contribution >= 4 is 5.78 Å². The fraction of sp³-hybridized carbons (Fsp3) is 0.222. The average Bonchev–Trinajstić information content (AvgIpc) is 3.02. The third-order valence-electron chi connectivity index (χ3n) is 3.78. The lowest BCUT2D eigenvalue weighted by Gasteiger charge is -2.20. The highest BCUT2D eigenvalue weighted by Crippen LogP contribution is 2.33. The molecule has 1 aliphatic rings. The van der Waals surface area contributed by atoms with Gasteiger partial charge in [0.25, 0.3) is 0 Å². The van der Waals surface area contributed by atoms with Crippen LogP contribution >= 0.6 is 0 Å². The molecule has 0 radical (unpaired) electrons. The quantitative estimate of drug-likeness (QED) is 0.581. The van der Waals surface area contributed by atoms with Crippen molar-refractivity contribution in [1.82, 2.24) is 0 Å². The first-order valence-electron chi connectivity index (χ1n) is 6.89. The summed E-state index contributed by atoms with van der Waals surface area (Å²) in [6, 6.07) is 17.6. The van der Waals surface area contributed by atoms with E-state index < -0.39 is 0 Å². The van der Waals surface area contributed by atoms with Gasteiger partial charge in [-0.05, 0) is 5.56 Å². The molecule has 1 saturated carbocycles. The van der Waals surface area contributed by atoms with Crippen LogP contribution in [0.4, 0.5) is 0 Å². The van der Waals surface area contributed by atoms with Crippen molar-refractivity contribution in [3.05, 3.63) is 77.2 Å².